The fourth-order valence-electron chi connectivity index (χ4n) is 1.94. The van der Waals surface area contributed by atoms with Crippen LogP contribution in [0.25, 0.3) is 6.08 Å². The van der Waals surface area contributed by atoms with Crippen molar-refractivity contribution in [1.29, 1.82) is 0 Å². The fraction of sp³-hybridized carbons (Fsp3) is 0.412. The standard InChI is InChI=1S/C17H23NO5/c1-5-6-13-7-8-14(15(9-13)22-4)23-11-16(19)18(3)10-12(2)17(20)21/h5-9,12H,10-11H2,1-4H3,(H,20,21)/b6-5+. The number of nitrogens with zero attached hydrogens (tertiary/aromatic N) is 1. The monoisotopic (exact) mass is 321 g/mol. The van der Waals surface area contributed by atoms with Gasteiger partial charge in [-0.2, -0.15) is 0 Å². The van der Waals surface area contributed by atoms with Crippen molar-refractivity contribution in [3.63, 3.8) is 0 Å². The van der Waals surface area contributed by atoms with E-state index in [-0.39, 0.29) is 19.1 Å². The minimum atomic E-state index is -0.938. The number of likely N-dealkylation sites (N-methyl/N-ethyl adjacent to an activating group) is 1. The molecule has 0 heterocycles. The summed E-state index contributed by atoms with van der Waals surface area (Å²) < 4.78 is 10.8. The highest BCUT2D eigenvalue weighted by atomic mass is 16.5. The topological polar surface area (TPSA) is 76.1 Å². The molecule has 6 heteroatoms. The molecule has 0 aromatic heterocycles. The largest absolute Gasteiger partial charge is 0.493 e. The van der Waals surface area contributed by atoms with Crippen molar-refractivity contribution < 1.29 is 24.2 Å². The Morgan fingerprint density at radius 1 is 1.35 bits per heavy atom. The molecule has 1 N–H and O–H groups in total. The first-order valence-corrected chi connectivity index (χ1v) is 7.29. The third-order valence-corrected chi connectivity index (χ3v) is 3.29. The van der Waals surface area contributed by atoms with Crippen LogP contribution in [-0.4, -0.2) is 49.2 Å². The minimum Gasteiger partial charge on any atom is -0.493 e. The number of carboxylic acid groups (broad SMARTS) is 1. The van der Waals surface area contributed by atoms with Gasteiger partial charge in [-0.25, -0.2) is 0 Å². The van der Waals surface area contributed by atoms with Gasteiger partial charge in [0.25, 0.3) is 5.91 Å². The molecule has 0 aliphatic carbocycles. The van der Waals surface area contributed by atoms with Crippen molar-refractivity contribution in [2.75, 3.05) is 27.3 Å². The van der Waals surface area contributed by atoms with Crippen molar-refractivity contribution in [3.8, 4) is 11.5 Å². The molecule has 0 aliphatic heterocycles. The van der Waals surface area contributed by atoms with Crippen LogP contribution < -0.4 is 9.47 Å². The predicted molar refractivity (Wildman–Crippen MR) is 87.6 cm³/mol. The summed E-state index contributed by atoms with van der Waals surface area (Å²) >= 11 is 0. The van der Waals surface area contributed by atoms with Gasteiger partial charge in [0.05, 0.1) is 13.0 Å². The Labute approximate surface area is 136 Å². The zero-order valence-corrected chi connectivity index (χ0v) is 13.9. The minimum absolute atomic E-state index is 0.134. The molecule has 126 valence electrons. The second-order valence-electron chi connectivity index (χ2n) is 5.21. The number of aliphatic carboxylic acids is 1. The molecule has 1 aromatic carbocycles. The normalized spacial score (nSPS) is 12.0. The van der Waals surface area contributed by atoms with Crippen LogP contribution in [0.15, 0.2) is 24.3 Å². The highest BCUT2D eigenvalue weighted by Crippen LogP contribution is 2.28. The van der Waals surface area contributed by atoms with E-state index in [0.717, 1.165) is 5.56 Å². The first kappa shape index (κ1) is 18.5. The predicted octanol–water partition coefficient (Wildman–Crippen LogP) is 2.29. The van der Waals surface area contributed by atoms with Crippen LogP contribution in [0.4, 0.5) is 0 Å². The maximum absolute atomic E-state index is 12.0. The highest BCUT2D eigenvalue weighted by molar-refractivity contribution is 5.78. The zero-order chi connectivity index (χ0) is 17.4. The summed E-state index contributed by atoms with van der Waals surface area (Å²) in [5.74, 6) is -0.855. The molecule has 0 saturated heterocycles. The summed E-state index contributed by atoms with van der Waals surface area (Å²) in [4.78, 5) is 24.2. The first-order valence-electron chi connectivity index (χ1n) is 7.29. The summed E-state index contributed by atoms with van der Waals surface area (Å²) in [7, 11) is 3.08. The molecule has 1 unspecified atom stereocenters. The SMILES string of the molecule is C/C=C/c1ccc(OCC(=O)N(C)CC(C)C(=O)O)c(OC)c1. The van der Waals surface area contributed by atoms with Gasteiger partial charge in [-0.1, -0.05) is 25.1 Å². The Hall–Kier alpha value is -2.50. The summed E-state index contributed by atoms with van der Waals surface area (Å²) in [5.41, 5.74) is 0.968. The smallest absolute Gasteiger partial charge is 0.308 e. The average Bonchev–Trinajstić information content (AvgIpc) is 2.53. The van der Waals surface area contributed by atoms with E-state index in [2.05, 4.69) is 0 Å². The van der Waals surface area contributed by atoms with Crippen LogP contribution in [0.2, 0.25) is 0 Å². The van der Waals surface area contributed by atoms with Crippen LogP contribution in [-0.2, 0) is 9.59 Å². The molecule has 0 bridgehead atoms. The fourth-order valence-corrected chi connectivity index (χ4v) is 1.94. The number of hydrogen-bond acceptors (Lipinski definition) is 4. The van der Waals surface area contributed by atoms with E-state index in [0.29, 0.717) is 11.5 Å². The Bertz CT molecular complexity index is 582. The van der Waals surface area contributed by atoms with Crippen LogP contribution in [0, 0.1) is 5.92 Å². The number of amides is 1. The highest BCUT2D eigenvalue weighted by Gasteiger charge is 2.18. The molecule has 1 atom stereocenters. The lowest BCUT2D eigenvalue weighted by molar-refractivity contribution is -0.143. The maximum atomic E-state index is 12.0. The van der Waals surface area contributed by atoms with Gasteiger partial charge in [0.15, 0.2) is 18.1 Å². The van der Waals surface area contributed by atoms with Crippen molar-refractivity contribution in [2.24, 2.45) is 5.92 Å². The Balaban J connectivity index is 2.66. The van der Waals surface area contributed by atoms with Crippen molar-refractivity contribution in [1.82, 2.24) is 4.90 Å². The number of carbonyl (C=O) groups excluding carboxylic acids is 1. The van der Waals surface area contributed by atoms with E-state index in [9.17, 15) is 9.59 Å². The third kappa shape index (κ3) is 5.65. The average molecular weight is 321 g/mol. The molecule has 0 radical (unpaired) electrons. The second-order valence-corrected chi connectivity index (χ2v) is 5.21. The number of rotatable bonds is 8. The van der Waals surface area contributed by atoms with Gasteiger partial charge in [0, 0.05) is 13.6 Å². The van der Waals surface area contributed by atoms with Crippen molar-refractivity contribution >= 4 is 18.0 Å². The van der Waals surface area contributed by atoms with Crippen LogP contribution in [0.5, 0.6) is 11.5 Å². The van der Waals surface area contributed by atoms with Gasteiger partial charge < -0.3 is 19.5 Å². The van der Waals surface area contributed by atoms with Crippen LogP contribution in [0.3, 0.4) is 0 Å². The van der Waals surface area contributed by atoms with Crippen LogP contribution >= 0.6 is 0 Å². The summed E-state index contributed by atoms with van der Waals surface area (Å²) in [6.45, 7) is 3.43. The summed E-state index contributed by atoms with van der Waals surface area (Å²) in [6, 6.07) is 5.41. The molecular formula is C17H23NO5. The lowest BCUT2D eigenvalue weighted by Crippen LogP contribution is -2.36. The molecule has 1 rings (SSSR count). The molecule has 6 nitrogen and oxygen atoms in total. The van der Waals surface area contributed by atoms with Crippen molar-refractivity contribution in [2.45, 2.75) is 13.8 Å². The van der Waals surface area contributed by atoms with Gasteiger partial charge in [-0.3, -0.25) is 9.59 Å². The zero-order valence-electron chi connectivity index (χ0n) is 13.9. The van der Waals surface area contributed by atoms with Crippen molar-refractivity contribution in [3.05, 3.63) is 29.8 Å². The number of carbonyl (C=O) groups is 2. The second kappa shape index (κ2) is 8.82. The Morgan fingerprint density at radius 2 is 2.04 bits per heavy atom. The van der Waals surface area contributed by atoms with E-state index in [1.807, 2.05) is 31.2 Å². The molecule has 1 aromatic rings. The molecule has 0 aliphatic rings. The Kier molecular flexibility index (Phi) is 7.12. The number of allylic oxidation sites excluding steroid dienone is 1. The quantitative estimate of drug-likeness (QED) is 0.795. The number of carboxylic acids is 1. The number of hydrogen-bond donors (Lipinski definition) is 1. The summed E-state index contributed by atoms with van der Waals surface area (Å²) in [6.07, 6.45) is 3.84. The molecule has 0 fully saturated rings. The lowest BCUT2D eigenvalue weighted by Gasteiger charge is -2.20. The van der Waals surface area contributed by atoms with Gasteiger partial charge in [0.1, 0.15) is 0 Å². The molecule has 0 saturated carbocycles. The molecular weight excluding hydrogens is 298 g/mol. The van der Waals surface area contributed by atoms with E-state index in [1.165, 1.54) is 12.0 Å². The van der Waals surface area contributed by atoms with E-state index < -0.39 is 11.9 Å². The Morgan fingerprint density at radius 3 is 2.61 bits per heavy atom. The molecule has 1 amide bonds. The maximum Gasteiger partial charge on any atom is 0.308 e. The van der Waals surface area contributed by atoms with E-state index in [4.69, 9.17) is 14.6 Å². The molecule has 23 heavy (non-hydrogen) atoms. The van der Waals surface area contributed by atoms with E-state index in [1.54, 1.807) is 20.0 Å². The number of benzene rings is 1. The summed E-state index contributed by atoms with van der Waals surface area (Å²) in [5, 5.41) is 8.87. The van der Waals surface area contributed by atoms with Gasteiger partial charge in [-0.05, 0) is 24.6 Å². The van der Waals surface area contributed by atoms with Crippen LogP contribution in [0.1, 0.15) is 19.4 Å². The van der Waals surface area contributed by atoms with Gasteiger partial charge in [0.2, 0.25) is 0 Å². The van der Waals surface area contributed by atoms with Gasteiger partial charge >= 0.3 is 5.97 Å². The number of methoxy groups -OCH3 is 1. The molecule has 0 spiro atoms. The third-order valence-electron chi connectivity index (χ3n) is 3.29. The van der Waals surface area contributed by atoms with Gasteiger partial charge in [-0.15, -0.1) is 0 Å². The van der Waals surface area contributed by atoms with E-state index >= 15 is 0 Å². The lowest BCUT2D eigenvalue weighted by atomic mass is 10.2. The number of ether oxygens (including phenoxy) is 2. The first-order chi connectivity index (χ1) is 10.9.